The van der Waals surface area contributed by atoms with Gasteiger partial charge in [0.15, 0.2) is 5.65 Å². The average Bonchev–Trinajstić information content (AvgIpc) is 3.26. The van der Waals surface area contributed by atoms with Crippen LogP contribution in [0.1, 0.15) is 27.5 Å². The Bertz CT molecular complexity index is 913. The van der Waals surface area contributed by atoms with Gasteiger partial charge in [0.05, 0.1) is 18.6 Å². The quantitative estimate of drug-likeness (QED) is 0.686. The lowest BCUT2D eigenvalue weighted by atomic mass is 10.2. The Balaban J connectivity index is 1.80. The van der Waals surface area contributed by atoms with Crippen molar-refractivity contribution in [2.45, 2.75) is 19.3 Å². The number of amides is 1. The second kappa shape index (κ2) is 6.08. The van der Waals surface area contributed by atoms with Gasteiger partial charge in [-0.25, -0.2) is 14.5 Å². The van der Waals surface area contributed by atoms with Crippen LogP contribution >= 0.6 is 11.3 Å². The number of hydrogen-bond donors (Lipinski definition) is 2. The summed E-state index contributed by atoms with van der Waals surface area (Å²) in [6, 6.07) is 0. The zero-order valence-electron chi connectivity index (χ0n) is 13.0. The molecule has 9 heteroatoms. The van der Waals surface area contributed by atoms with Crippen molar-refractivity contribution in [3.05, 3.63) is 22.6 Å². The van der Waals surface area contributed by atoms with E-state index < -0.39 is 5.91 Å². The third kappa shape index (κ3) is 2.36. The number of nitrogens with zero attached hydrogens (tertiary/aromatic N) is 5. The number of thiophene rings is 1. The van der Waals surface area contributed by atoms with Crippen molar-refractivity contribution in [2.24, 2.45) is 0 Å². The van der Waals surface area contributed by atoms with Gasteiger partial charge in [-0.2, -0.15) is 0 Å². The second-order valence-electron chi connectivity index (χ2n) is 5.73. The summed E-state index contributed by atoms with van der Waals surface area (Å²) in [5.41, 5.74) is 1.93. The van der Waals surface area contributed by atoms with Crippen LogP contribution in [0.3, 0.4) is 0 Å². The van der Waals surface area contributed by atoms with Crippen LogP contribution in [-0.4, -0.2) is 66.9 Å². The fourth-order valence-corrected chi connectivity index (χ4v) is 4.40. The van der Waals surface area contributed by atoms with Gasteiger partial charge in [0.1, 0.15) is 11.2 Å². The molecule has 1 aliphatic carbocycles. The zero-order valence-corrected chi connectivity index (χ0v) is 13.8. The summed E-state index contributed by atoms with van der Waals surface area (Å²) in [5, 5.41) is 23.4. The first-order valence-electron chi connectivity index (χ1n) is 7.89. The highest BCUT2D eigenvalue weighted by Gasteiger charge is 2.24. The lowest BCUT2D eigenvalue weighted by molar-refractivity contribution is 0.0673. The molecule has 1 amide bonds. The SMILES string of the molecule is O=C(c1nc2c3c4c(sc3ncn2n1)CCC4)N(CCO)CCO. The van der Waals surface area contributed by atoms with Crippen molar-refractivity contribution in [1.82, 2.24) is 24.5 Å². The monoisotopic (exact) mass is 347 g/mol. The molecule has 0 atom stereocenters. The number of aromatic nitrogens is 4. The first-order chi connectivity index (χ1) is 11.7. The van der Waals surface area contributed by atoms with Crippen molar-refractivity contribution in [1.29, 1.82) is 0 Å². The lowest BCUT2D eigenvalue weighted by Gasteiger charge is -2.18. The first-order valence-corrected chi connectivity index (χ1v) is 8.71. The Kier molecular flexibility index (Phi) is 3.91. The van der Waals surface area contributed by atoms with Crippen LogP contribution in [0.15, 0.2) is 6.33 Å². The minimum Gasteiger partial charge on any atom is -0.395 e. The molecule has 0 spiro atoms. The van der Waals surface area contributed by atoms with Gasteiger partial charge in [-0.1, -0.05) is 0 Å². The molecular weight excluding hydrogens is 330 g/mol. The molecule has 126 valence electrons. The second-order valence-corrected chi connectivity index (χ2v) is 6.81. The van der Waals surface area contributed by atoms with Crippen LogP contribution < -0.4 is 0 Å². The Morgan fingerprint density at radius 2 is 2.08 bits per heavy atom. The van der Waals surface area contributed by atoms with Gasteiger partial charge in [0.2, 0.25) is 5.82 Å². The molecule has 0 bridgehead atoms. The van der Waals surface area contributed by atoms with E-state index in [1.54, 1.807) is 17.7 Å². The van der Waals surface area contributed by atoms with E-state index >= 15 is 0 Å². The summed E-state index contributed by atoms with van der Waals surface area (Å²) >= 11 is 1.69. The Labute approximate surface area is 141 Å². The predicted molar refractivity (Wildman–Crippen MR) is 88.3 cm³/mol. The number of carbonyl (C=O) groups excluding carboxylic acids is 1. The summed E-state index contributed by atoms with van der Waals surface area (Å²) in [5.74, 6) is -0.342. The van der Waals surface area contributed by atoms with Crippen molar-refractivity contribution < 1.29 is 15.0 Å². The van der Waals surface area contributed by atoms with Crippen LogP contribution in [0.25, 0.3) is 15.9 Å². The summed E-state index contributed by atoms with van der Waals surface area (Å²) in [4.78, 5) is 25.1. The highest BCUT2D eigenvalue weighted by Crippen LogP contribution is 2.37. The van der Waals surface area contributed by atoms with E-state index in [1.807, 2.05) is 0 Å². The molecule has 8 nitrogen and oxygen atoms in total. The van der Waals surface area contributed by atoms with Gasteiger partial charge in [-0.3, -0.25) is 4.79 Å². The van der Waals surface area contributed by atoms with Crippen molar-refractivity contribution in [3.63, 3.8) is 0 Å². The molecule has 4 rings (SSSR count). The molecule has 0 radical (unpaired) electrons. The van der Waals surface area contributed by atoms with Gasteiger partial charge in [0.25, 0.3) is 5.91 Å². The highest BCUT2D eigenvalue weighted by atomic mass is 32.1. The minimum atomic E-state index is -0.401. The van der Waals surface area contributed by atoms with Gasteiger partial charge in [0, 0.05) is 18.0 Å². The van der Waals surface area contributed by atoms with E-state index in [0.29, 0.717) is 5.65 Å². The molecule has 2 N–H and O–H groups in total. The Morgan fingerprint density at radius 1 is 1.29 bits per heavy atom. The molecule has 3 aromatic rings. The summed E-state index contributed by atoms with van der Waals surface area (Å²) in [7, 11) is 0. The standard InChI is InChI=1S/C15H17N5O3S/c21-6-4-19(5-7-22)15(23)12-17-13-11-9-2-1-3-10(9)24-14(11)16-8-20(13)18-12/h8,21-22H,1-7H2. The number of aliphatic hydroxyl groups is 2. The van der Waals surface area contributed by atoms with Gasteiger partial charge < -0.3 is 15.1 Å². The zero-order chi connectivity index (χ0) is 16.7. The molecular formula is C15H17N5O3S. The average molecular weight is 347 g/mol. The smallest absolute Gasteiger partial charge is 0.293 e. The summed E-state index contributed by atoms with van der Waals surface area (Å²) < 4.78 is 1.54. The van der Waals surface area contributed by atoms with Crippen LogP contribution in [-0.2, 0) is 12.8 Å². The molecule has 0 fully saturated rings. The van der Waals surface area contributed by atoms with Crippen LogP contribution in [0.4, 0.5) is 0 Å². The summed E-state index contributed by atoms with van der Waals surface area (Å²) in [6.45, 7) is -0.0845. The van der Waals surface area contributed by atoms with Crippen LogP contribution in [0.5, 0.6) is 0 Å². The van der Waals surface area contributed by atoms with E-state index in [-0.39, 0.29) is 32.1 Å². The molecule has 0 unspecified atom stereocenters. The molecule has 3 heterocycles. The third-order valence-electron chi connectivity index (χ3n) is 4.26. The maximum atomic E-state index is 12.6. The number of rotatable bonds is 5. The van der Waals surface area contributed by atoms with Crippen molar-refractivity contribution in [2.75, 3.05) is 26.3 Å². The third-order valence-corrected chi connectivity index (χ3v) is 5.46. The highest BCUT2D eigenvalue weighted by molar-refractivity contribution is 7.19. The van der Waals surface area contributed by atoms with E-state index in [0.717, 1.165) is 29.5 Å². The molecule has 0 aliphatic heterocycles. The predicted octanol–water partition coefficient (Wildman–Crippen LogP) is 0.254. The van der Waals surface area contributed by atoms with Gasteiger partial charge in [-0.05, 0) is 24.8 Å². The van der Waals surface area contributed by atoms with E-state index in [2.05, 4.69) is 15.1 Å². The van der Waals surface area contributed by atoms with E-state index in [4.69, 9.17) is 10.2 Å². The maximum Gasteiger partial charge on any atom is 0.293 e. The number of aliphatic hydroxyl groups excluding tert-OH is 2. The van der Waals surface area contributed by atoms with Gasteiger partial charge >= 0.3 is 0 Å². The van der Waals surface area contributed by atoms with E-state index in [9.17, 15) is 4.79 Å². The van der Waals surface area contributed by atoms with Crippen LogP contribution in [0, 0.1) is 0 Å². The molecule has 24 heavy (non-hydrogen) atoms. The normalized spacial score (nSPS) is 13.8. The fourth-order valence-electron chi connectivity index (χ4n) is 3.18. The molecule has 0 saturated carbocycles. The van der Waals surface area contributed by atoms with Crippen molar-refractivity contribution in [3.8, 4) is 0 Å². The topological polar surface area (TPSA) is 104 Å². The van der Waals surface area contributed by atoms with Crippen LogP contribution in [0.2, 0.25) is 0 Å². The number of fused-ring (bicyclic) bond motifs is 5. The maximum absolute atomic E-state index is 12.6. The van der Waals surface area contributed by atoms with Crippen molar-refractivity contribution >= 4 is 33.1 Å². The van der Waals surface area contributed by atoms with Gasteiger partial charge in [-0.15, -0.1) is 16.4 Å². The first kappa shape index (κ1) is 15.4. The molecule has 0 aromatic carbocycles. The lowest BCUT2D eigenvalue weighted by Crippen LogP contribution is -2.36. The molecule has 1 aliphatic rings. The fraction of sp³-hybridized carbons (Fsp3) is 0.467. The Hall–Kier alpha value is -2.10. The largest absolute Gasteiger partial charge is 0.395 e. The summed E-state index contributed by atoms with van der Waals surface area (Å²) in [6.07, 6.45) is 4.80. The minimum absolute atomic E-state index is 0.0594. The number of hydrogen-bond acceptors (Lipinski definition) is 7. The molecule has 3 aromatic heterocycles. The Morgan fingerprint density at radius 3 is 2.83 bits per heavy atom. The van der Waals surface area contributed by atoms with E-state index in [1.165, 1.54) is 19.9 Å². The number of aryl methyl sites for hydroxylation is 2. The molecule has 0 saturated heterocycles. The number of carbonyl (C=O) groups is 1.